The number of thiazole rings is 1. The van der Waals surface area contributed by atoms with Gasteiger partial charge in [-0.3, -0.25) is 4.79 Å². The number of carbonyl (C=O) groups excluding carboxylic acids is 1. The predicted octanol–water partition coefficient (Wildman–Crippen LogP) is 2.27. The number of nitrogens with one attached hydrogen (secondary N) is 2. The Labute approximate surface area is 101 Å². The number of fused-ring (bicyclic) bond motifs is 1. The summed E-state index contributed by atoms with van der Waals surface area (Å²) in [5, 5.41) is 4.50. The summed E-state index contributed by atoms with van der Waals surface area (Å²) in [4.78, 5) is 22.8. The van der Waals surface area contributed by atoms with Crippen molar-refractivity contribution in [3.05, 3.63) is 41.1 Å². The molecular formula is C11H8N4OS. The first kappa shape index (κ1) is 9.98. The monoisotopic (exact) mass is 244 g/mol. The number of nitrogens with zero attached hydrogens (tertiary/aromatic N) is 2. The summed E-state index contributed by atoms with van der Waals surface area (Å²) in [6.07, 6.45) is 1.62. The van der Waals surface area contributed by atoms with E-state index in [-0.39, 0.29) is 5.91 Å². The van der Waals surface area contributed by atoms with E-state index >= 15 is 0 Å². The number of hydrogen-bond acceptors (Lipinski definition) is 4. The number of H-pyrrole nitrogens is 1. The molecular weight excluding hydrogens is 236 g/mol. The van der Waals surface area contributed by atoms with Crippen LogP contribution in [0.15, 0.2) is 35.4 Å². The molecule has 84 valence electrons. The minimum Gasteiger partial charge on any atom is -0.345 e. The van der Waals surface area contributed by atoms with Crippen LogP contribution in [0.5, 0.6) is 0 Å². The second-order valence-corrected chi connectivity index (χ2v) is 4.18. The van der Waals surface area contributed by atoms with Crippen LogP contribution in [0.1, 0.15) is 10.5 Å². The summed E-state index contributed by atoms with van der Waals surface area (Å²) < 4.78 is 0. The Morgan fingerprint density at radius 2 is 2.29 bits per heavy atom. The zero-order valence-electron chi connectivity index (χ0n) is 8.68. The van der Waals surface area contributed by atoms with Gasteiger partial charge >= 0.3 is 0 Å². The van der Waals surface area contributed by atoms with E-state index < -0.39 is 0 Å². The quantitative estimate of drug-likeness (QED) is 0.726. The molecule has 1 aromatic carbocycles. The van der Waals surface area contributed by atoms with Crippen molar-refractivity contribution in [2.24, 2.45) is 0 Å². The number of benzene rings is 1. The van der Waals surface area contributed by atoms with Crippen LogP contribution >= 0.6 is 11.3 Å². The second kappa shape index (κ2) is 3.99. The van der Waals surface area contributed by atoms with Gasteiger partial charge in [0, 0.05) is 11.1 Å². The smallest absolute Gasteiger partial charge is 0.275 e. The Balaban J connectivity index is 1.87. The number of aromatic nitrogens is 3. The van der Waals surface area contributed by atoms with Crippen LogP contribution in [0.3, 0.4) is 0 Å². The number of imidazole rings is 1. The van der Waals surface area contributed by atoms with Gasteiger partial charge in [0.25, 0.3) is 5.91 Å². The van der Waals surface area contributed by atoms with Crippen molar-refractivity contribution in [3.63, 3.8) is 0 Å². The van der Waals surface area contributed by atoms with Crippen LogP contribution in [0.25, 0.3) is 11.0 Å². The molecule has 3 aromatic rings. The molecule has 6 heteroatoms. The van der Waals surface area contributed by atoms with E-state index in [9.17, 15) is 4.79 Å². The summed E-state index contributed by atoms with van der Waals surface area (Å²) in [7, 11) is 0. The molecule has 2 aromatic heterocycles. The van der Waals surface area contributed by atoms with E-state index in [2.05, 4.69) is 20.3 Å². The maximum absolute atomic E-state index is 11.8. The van der Waals surface area contributed by atoms with Gasteiger partial charge in [-0.1, -0.05) is 0 Å². The number of hydrogen-bond donors (Lipinski definition) is 2. The fourth-order valence-corrected chi connectivity index (χ4v) is 2.07. The molecule has 17 heavy (non-hydrogen) atoms. The van der Waals surface area contributed by atoms with E-state index in [0.29, 0.717) is 5.69 Å². The van der Waals surface area contributed by atoms with Crippen molar-refractivity contribution in [1.82, 2.24) is 15.0 Å². The topological polar surface area (TPSA) is 70.7 Å². The van der Waals surface area contributed by atoms with Crippen molar-refractivity contribution >= 4 is 34.0 Å². The third-order valence-corrected chi connectivity index (χ3v) is 2.93. The van der Waals surface area contributed by atoms with E-state index in [0.717, 1.165) is 16.7 Å². The Bertz CT molecular complexity index is 659. The maximum Gasteiger partial charge on any atom is 0.275 e. The molecule has 0 unspecified atom stereocenters. The Morgan fingerprint density at radius 3 is 3.12 bits per heavy atom. The second-order valence-electron chi connectivity index (χ2n) is 3.46. The van der Waals surface area contributed by atoms with Crippen LogP contribution in [0.2, 0.25) is 0 Å². The summed E-state index contributed by atoms with van der Waals surface area (Å²) in [6, 6.07) is 5.50. The van der Waals surface area contributed by atoms with Crippen LogP contribution < -0.4 is 5.32 Å². The van der Waals surface area contributed by atoms with Crippen LogP contribution in [0, 0.1) is 0 Å². The van der Waals surface area contributed by atoms with Crippen LogP contribution in [-0.2, 0) is 0 Å². The lowest BCUT2D eigenvalue weighted by molar-refractivity contribution is 0.102. The number of anilines is 1. The lowest BCUT2D eigenvalue weighted by atomic mass is 10.2. The lowest BCUT2D eigenvalue weighted by Gasteiger charge is -2.02. The highest BCUT2D eigenvalue weighted by Crippen LogP contribution is 2.16. The van der Waals surface area contributed by atoms with Crippen molar-refractivity contribution in [3.8, 4) is 0 Å². The molecule has 0 aliphatic heterocycles. The highest BCUT2D eigenvalue weighted by Gasteiger charge is 2.08. The molecule has 3 rings (SSSR count). The molecule has 0 saturated heterocycles. The molecule has 0 atom stereocenters. The number of aromatic amines is 1. The van der Waals surface area contributed by atoms with Gasteiger partial charge in [0.2, 0.25) is 0 Å². The number of carbonyl (C=O) groups is 1. The minimum absolute atomic E-state index is 0.204. The van der Waals surface area contributed by atoms with Crippen molar-refractivity contribution < 1.29 is 4.79 Å². The van der Waals surface area contributed by atoms with Gasteiger partial charge in [-0.25, -0.2) is 9.97 Å². The molecule has 0 aliphatic rings. The van der Waals surface area contributed by atoms with Crippen molar-refractivity contribution in [1.29, 1.82) is 0 Å². The normalized spacial score (nSPS) is 10.6. The zero-order chi connectivity index (χ0) is 11.7. The van der Waals surface area contributed by atoms with E-state index in [1.807, 2.05) is 18.2 Å². The summed E-state index contributed by atoms with van der Waals surface area (Å²) in [5.41, 5.74) is 4.55. The van der Waals surface area contributed by atoms with Crippen molar-refractivity contribution in [2.75, 3.05) is 5.32 Å². The first-order valence-corrected chi connectivity index (χ1v) is 5.90. The zero-order valence-corrected chi connectivity index (χ0v) is 9.49. The summed E-state index contributed by atoms with van der Waals surface area (Å²) in [6.45, 7) is 0. The molecule has 5 nitrogen and oxygen atoms in total. The van der Waals surface area contributed by atoms with E-state index in [4.69, 9.17) is 0 Å². The molecule has 0 saturated carbocycles. The SMILES string of the molecule is O=C(Nc1ccc2nc[nH]c2c1)c1cscn1. The van der Waals surface area contributed by atoms with Gasteiger partial charge in [0.05, 0.1) is 22.9 Å². The average Bonchev–Trinajstić information content (AvgIpc) is 2.99. The summed E-state index contributed by atoms with van der Waals surface area (Å²) >= 11 is 1.39. The largest absolute Gasteiger partial charge is 0.345 e. The molecule has 2 heterocycles. The third kappa shape index (κ3) is 1.90. The molecule has 0 spiro atoms. The van der Waals surface area contributed by atoms with Crippen LogP contribution in [0.4, 0.5) is 5.69 Å². The highest BCUT2D eigenvalue weighted by atomic mass is 32.1. The Morgan fingerprint density at radius 1 is 1.35 bits per heavy atom. The first-order chi connectivity index (χ1) is 8.33. The fourth-order valence-electron chi connectivity index (χ4n) is 1.53. The predicted molar refractivity (Wildman–Crippen MR) is 66.2 cm³/mol. The fraction of sp³-hybridized carbons (Fsp3) is 0. The molecule has 2 N–H and O–H groups in total. The Kier molecular flexibility index (Phi) is 2.34. The van der Waals surface area contributed by atoms with Gasteiger partial charge in [-0.15, -0.1) is 11.3 Å². The van der Waals surface area contributed by atoms with Gasteiger partial charge in [0.15, 0.2) is 0 Å². The van der Waals surface area contributed by atoms with Gasteiger partial charge < -0.3 is 10.3 Å². The van der Waals surface area contributed by atoms with E-state index in [1.54, 1.807) is 17.2 Å². The molecule has 0 bridgehead atoms. The van der Waals surface area contributed by atoms with E-state index in [1.165, 1.54) is 11.3 Å². The number of amides is 1. The van der Waals surface area contributed by atoms with Crippen molar-refractivity contribution in [2.45, 2.75) is 0 Å². The summed E-state index contributed by atoms with van der Waals surface area (Å²) in [5.74, 6) is -0.204. The van der Waals surface area contributed by atoms with Gasteiger partial charge in [-0.05, 0) is 18.2 Å². The molecule has 0 radical (unpaired) electrons. The lowest BCUT2D eigenvalue weighted by Crippen LogP contribution is -2.11. The van der Waals surface area contributed by atoms with Gasteiger partial charge in [0.1, 0.15) is 5.69 Å². The molecule has 0 fully saturated rings. The molecule has 1 amide bonds. The van der Waals surface area contributed by atoms with Crippen LogP contribution in [-0.4, -0.2) is 20.9 Å². The molecule has 0 aliphatic carbocycles. The third-order valence-electron chi connectivity index (χ3n) is 2.34. The first-order valence-electron chi connectivity index (χ1n) is 4.95. The average molecular weight is 244 g/mol. The highest BCUT2D eigenvalue weighted by molar-refractivity contribution is 7.07. The minimum atomic E-state index is -0.204. The maximum atomic E-state index is 11.8. The Hall–Kier alpha value is -2.21. The van der Waals surface area contributed by atoms with Gasteiger partial charge in [-0.2, -0.15) is 0 Å². The number of rotatable bonds is 2. The standard InChI is InChI=1S/C11H8N4OS/c16-11(10-4-17-6-14-10)15-7-1-2-8-9(3-7)13-5-12-8/h1-6H,(H,12,13)(H,15,16).